The standard InChI is InChI=1S/C20H21FN2O4S/c1-13-5-6-17(7-14(13)8-18(24)25)28(26,27)20-10-19(11-23-20,22-12-20)15-3-2-4-16(21)9-15/h2-7,9,22-23H,8,10-12H2,1H3,(H,24,25). The summed E-state index contributed by atoms with van der Waals surface area (Å²) in [5.74, 6) is -1.37. The Kier molecular flexibility index (Phi) is 4.33. The second-order valence-electron chi connectivity index (χ2n) is 7.63. The molecule has 8 heteroatoms. The molecular weight excluding hydrogens is 383 g/mol. The second kappa shape index (κ2) is 6.37. The molecule has 6 nitrogen and oxygen atoms in total. The summed E-state index contributed by atoms with van der Waals surface area (Å²) in [5.41, 5.74) is 1.27. The molecule has 0 saturated carbocycles. The Hall–Kier alpha value is -2.29. The molecular formula is C20H21FN2O4S. The summed E-state index contributed by atoms with van der Waals surface area (Å²) >= 11 is 0. The van der Waals surface area contributed by atoms with E-state index < -0.39 is 26.2 Å². The van der Waals surface area contributed by atoms with Crippen molar-refractivity contribution in [3.63, 3.8) is 0 Å². The van der Waals surface area contributed by atoms with E-state index in [1.807, 2.05) is 0 Å². The highest BCUT2D eigenvalue weighted by atomic mass is 32.2. The maximum Gasteiger partial charge on any atom is 0.307 e. The van der Waals surface area contributed by atoms with Gasteiger partial charge in [0.25, 0.3) is 0 Å². The normalized spacial score (nSPS) is 26.5. The van der Waals surface area contributed by atoms with Gasteiger partial charge in [0.1, 0.15) is 10.7 Å². The Morgan fingerprint density at radius 2 is 1.96 bits per heavy atom. The Morgan fingerprint density at radius 3 is 2.61 bits per heavy atom. The van der Waals surface area contributed by atoms with Crippen LogP contribution in [0.1, 0.15) is 23.1 Å². The van der Waals surface area contributed by atoms with Crippen LogP contribution >= 0.6 is 0 Å². The van der Waals surface area contributed by atoms with Crippen molar-refractivity contribution >= 4 is 15.8 Å². The van der Waals surface area contributed by atoms with Crippen molar-refractivity contribution in [2.24, 2.45) is 0 Å². The van der Waals surface area contributed by atoms with Crippen LogP contribution in [0.2, 0.25) is 0 Å². The second-order valence-corrected chi connectivity index (χ2v) is 9.89. The molecule has 2 saturated heterocycles. The van der Waals surface area contributed by atoms with E-state index in [-0.39, 0.29) is 30.1 Å². The van der Waals surface area contributed by atoms with Gasteiger partial charge < -0.3 is 10.4 Å². The van der Waals surface area contributed by atoms with Crippen LogP contribution in [0.4, 0.5) is 4.39 Å². The summed E-state index contributed by atoms with van der Waals surface area (Å²) in [6, 6.07) is 10.8. The fourth-order valence-corrected chi connectivity index (χ4v) is 6.21. The SMILES string of the molecule is Cc1ccc(S(=O)(=O)C23CNC(c4cccc(F)c4)(CN2)C3)cc1CC(=O)O. The lowest BCUT2D eigenvalue weighted by molar-refractivity contribution is -0.136. The van der Waals surface area contributed by atoms with Crippen molar-refractivity contribution in [1.82, 2.24) is 10.6 Å². The number of rotatable bonds is 5. The van der Waals surface area contributed by atoms with Crippen LogP contribution in [0.3, 0.4) is 0 Å². The smallest absolute Gasteiger partial charge is 0.307 e. The number of hydrogen-bond acceptors (Lipinski definition) is 5. The molecule has 4 rings (SSSR count). The topological polar surface area (TPSA) is 95.5 Å². The van der Waals surface area contributed by atoms with Gasteiger partial charge in [-0.3, -0.25) is 10.1 Å². The maximum atomic E-state index is 13.7. The molecule has 0 aromatic heterocycles. The summed E-state index contributed by atoms with van der Waals surface area (Å²) < 4.78 is 40.7. The quantitative estimate of drug-likeness (QED) is 0.703. The number of carboxylic acids is 1. The number of carbonyl (C=O) groups is 1. The van der Waals surface area contributed by atoms with Crippen molar-refractivity contribution in [1.29, 1.82) is 0 Å². The molecule has 28 heavy (non-hydrogen) atoms. The van der Waals surface area contributed by atoms with Crippen LogP contribution < -0.4 is 10.6 Å². The number of nitrogens with one attached hydrogen (secondary N) is 2. The molecule has 2 aromatic carbocycles. The molecule has 2 unspecified atom stereocenters. The fourth-order valence-electron chi connectivity index (χ4n) is 4.26. The van der Waals surface area contributed by atoms with Crippen molar-refractivity contribution in [2.45, 2.75) is 35.1 Å². The molecule has 148 valence electrons. The molecule has 0 radical (unpaired) electrons. The minimum Gasteiger partial charge on any atom is -0.481 e. The van der Waals surface area contributed by atoms with E-state index in [1.54, 1.807) is 25.1 Å². The molecule has 0 spiro atoms. The number of halogens is 1. The van der Waals surface area contributed by atoms with Crippen molar-refractivity contribution in [3.05, 3.63) is 65.0 Å². The highest BCUT2D eigenvalue weighted by Crippen LogP contribution is 2.46. The predicted octanol–water partition coefficient (Wildman–Crippen LogP) is 1.72. The number of fused-ring (bicyclic) bond motifs is 2. The molecule has 2 atom stereocenters. The summed E-state index contributed by atoms with van der Waals surface area (Å²) in [6.45, 7) is 2.31. The van der Waals surface area contributed by atoms with Gasteiger partial charge in [0.2, 0.25) is 0 Å². The van der Waals surface area contributed by atoms with E-state index in [1.165, 1.54) is 24.3 Å². The van der Waals surface area contributed by atoms with Crippen LogP contribution in [0.15, 0.2) is 47.4 Å². The highest BCUT2D eigenvalue weighted by molar-refractivity contribution is 7.92. The zero-order chi connectivity index (χ0) is 20.2. The lowest BCUT2D eigenvalue weighted by Crippen LogP contribution is -2.56. The Labute approximate surface area is 162 Å². The lowest BCUT2D eigenvalue weighted by Gasteiger charge is -2.30. The Morgan fingerprint density at radius 1 is 1.18 bits per heavy atom. The van der Waals surface area contributed by atoms with E-state index in [4.69, 9.17) is 5.11 Å². The van der Waals surface area contributed by atoms with Gasteiger partial charge >= 0.3 is 5.97 Å². The largest absolute Gasteiger partial charge is 0.481 e. The third kappa shape index (κ3) is 2.83. The van der Waals surface area contributed by atoms with E-state index in [2.05, 4.69) is 10.6 Å². The minimum atomic E-state index is -3.80. The molecule has 2 bridgehead atoms. The average molecular weight is 404 g/mol. The third-order valence-electron chi connectivity index (χ3n) is 5.88. The van der Waals surface area contributed by atoms with Crippen LogP contribution in [0, 0.1) is 12.7 Å². The summed E-state index contributed by atoms with van der Waals surface area (Å²) in [5, 5.41) is 15.5. The van der Waals surface area contributed by atoms with E-state index in [9.17, 15) is 17.6 Å². The lowest BCUT2D eigenvalue weighted by atomic mass is 9.90. The van der Waals surface area contributed by atoms with Gasteiger partial charge in [-0.15, -0.1) is 0 Å². The molecule has 2 aliphatic heterocycles. The molecule has 2 aliphatic rings. The number of piperazine rings is 1. The van der Waals surface area contributed by atoms with Gasteiger partial charge in [0, 0.05) is 19.5 Å². The predicted molar refractivity (Wildman–Crippen MR) is 101 cm³/mol. The van der Waals surface area contributed by atoms with Gasteiger partial charge in [0.05, 0.1) is 16.9 Å². The molecule has 0 amide bonds. The van der Waals surface area contributed by atoms with Gasteiger partial charge in [-0.1, -0.05) is 18.2 Å². The summed E-state index contributed by atoms with van der Waals surface area (Å²) in [6.07, 6.45) is 0.0367. The summed E-state index contributed by atoms with van der Waals surface area (Å²) in [7, 11) is -3.80. The van der Waals surface area contributed by atoms with Crippen LogP contribution in [0.5, 0.6) is 0 Å². The Bertz CT molecular complexity index is 1060. The van der Waals surface area contributed by atoms with E-state index in [0.29, 0.717) is 17.7 Å². The fraction of sp³-hybridized carbons (Fsp3) is 0.350. The number of carboxylic acid groups (broad SMARTS) is 1. The van der Waals surface area contributed by atoms with Crippen molar-refractivity contribution < 1.29 is 22.7 Å². The van der Waals surface area contributed by atoms with E-state index >= 15 is 0 Å². The zero-order valence-electron chi connectivity index (χ0n) is 15.3. The minimum absolute atomic E-state index is 0.0978. The average Bonchev–Trinajstić information content (AvgIpc) is 3.23. The van der Waals surface area contributed by atoms with E-state index in [0.717, 1.165) is 5.56 Å². The first-order valence-electron chi connectivity index (χ1n) is 9.00. The summed E-state index contributed by atoms with van der Waals surface area (Å²) in [4.78, 5) is 9.97. The van der Waals surface area contributed by atoms with Crippen molar-refractivity contribution in [2.75, 3.05) is 13.1 Å². The zero-order valence-corrected chi connectivity index (χ0v) is 16.1. The Balaban J connectivity index is 1.71. The first kappa shape index (κ1) is 19.0. The third-order valence-corrected chi connectivity index (χ3v) is 8.21. The van der Waals surface area contributed by atoms with Gasteiger partial charge in [-0.25, -0.2) is 12.8 Å². The number of aliphatic carboxylic acids is 1. The molecule has 2 heterocycles. The maximum absolute atomic E-state index is 13.7. The molecule has 2 aromatic rings. The van der Waals surface area contributed by atoms with Gasteiger partial charge in [-0.05, 0) is 47.9 Å². The van der Waals surface area contributed by atoms with Crippen LogP contribution in [0.25, 0.3) is 0 Å². The molecule has 0 aliphatic carbocycles. The van der Waals surface area contributed by atoms with Crippen LogP contribution in [-0.2, 0) is 26.6 Å². The first-order valence-corrected chi connectivity index (χ1v) is 10.5. The number of sulfone groups is 1. The molecule has 3 N–H and O–H groups in total. The number of hydrogen-bond donors (Lipinski definition) is 3. The highest BCUT2D eigenvalue weighted by Gasteiger charge is 2.61. The van der Waals surface area contributed by atoms with Crippen LogP contribution in [-0.4, -0.2) is 37.5 Å². The van der Waals surface area contributed by atoms with Gasteiger partial charge in [0.15, 0.2) is 9.84 Å². The first-order chi connectivity index (χ1) is 13.2. The van der Waals surface area contributed by atoms with Gasteiger partial charge in [-0.2, -0.15) is 0 Å². The molecule has 2 fully saturated rings. The van der Waals surface area contributed by atoms with Crippen molar-refractivity contribution in [3.8, 4) is 0 Å². The number of aryl methyl sites for hydroxylation is 1. The number of benzene rings is 2. The monoisotopic (exact) mass is 404 g/mol.